The van der Waals surface area contributed by atoms with E-state index in [1.165, 1.54) is 25.3 Å². The van der Waals surface area contributed by atoms with E-state index >= 15 is 0 Å². The monoisotopic (exact) mass is 221 g/mol. The Morgan fingerprint density at radius 3 is 2.81 bits per heavy atom. The van der Waals surface area contributed by atoms with Crippen LogP contribution in [0.1, 0.15) is 10.5 Å². The summed E-state index contributed by atoms with van der Waals surface area (Å²) in [5.74, 6) is -1.13. The van der Waals surface area contributed by atoms with Gasteiger partial charge in [-0.3, -0.25) is 4.79 Å². The molecule has 0 saturated carbocycles. The van der Waals surface area contributed by atoms with Gasteiger partial charge in [0.15, 0.2) is 0 Å². The number of pyridine rings is 1. The molecule has 2 aromatic rings. The van der Waals surface area contributed by atoms with Crippen molar-refractivity contribution in [3.05, 3.63) is 46.1 Å². The quantitative estimate of drug-likeness (QED) is 0.741. The minimum atomic E-state index is -0.636. The van der Waals surface area contributed by atoms with Gasteiger partial charge < -0.3 is 9.72 Å². The van der Waals surface area contributed by atoms with E-state index in [2.05, 4.69) is 9.72 Å². The summed E-state index contributed by atoms with van der Waals surface area (Å²) < 4.78 is 17.4. The molecular formula is C11H8FNO3. The van der Waals surface area contributed by atoms with Crippen molar-refractivity contribution < 1.29 is 13.9 Å². The van der Waals surface area contributed by atoms with Crippen LogP contribution in [-0.4, -0.2) is 18.1 Å². The van der Waals surface area contributed by atoms with Crippen LogP contribution in [0.5, 0.6) is 0 Å². The molecule has 0 aliphatic heterocycles. The molecule has 5 heteroatoms. The maximum absolute atomic E-state index is 12.9. The van der Waals surface area contributed by atoms with Crippen LogP contribution in [0.25, 0.3) is 10.8 Å². The lowest BCUT2D eigenvalue weighted by Gasteiger charge is -2.01. The highest BCUT2D eigenvalue weighted by Crippen LogP contribution is 2.12. The summed E-state index contributed by atoms with van der Waals surface area (Å²) in [6, 6.07) is 5.23. The first kappa shape index (κ1) is 10.4. The number of carbonyl (C=O) groups excluding carboxylic acids is 1. The van der Waals surface area contributed by atoms with Crippen molar-refractivity contribution in [3.63, 3.8) is 0 Å². The van der Waals surface area contributed by atoms with Gasteiger partial charge in [0, 0.05) is 5.39 Å². The topological polar surface area (TPSA) is 59.2 Å². The van der Waals surface area contributed by atoms with Crippen LogP contribution < -0.4 is 5.56 Å². The number of halogens is 1. The maximum Gasteiger partial charge on any atom is 0.354 e. The second kappa shape index (κ2) is 3.77. The van der Waals surface area contributed by atoms with Crippen LogP contribution in [-0.2, 0) is 4.74 Å². The van der Waals surface area contributed by atoms with Gasteiger partial charge in [0.05, 0.1) is 7.11 Å². The van der Waals surface area contributed by atoms with E-state index in [1.54, 1.807) is 0 Å². The van der Waals surface area contributed by atoms with E-state index in [0.29, 0.717) is 5.39 Å². The minimum Gasteiger partial charge on any atom is -0.464 e. The van der Waals surface area contributed by atoms with Crippen LogP contribution in [0, 0.1) is 5.82 Å². The summed E-state index contributed by atoms with van der Waals surface area (Å²) >= 11 is 0. The number of carbonyl (C=O) groups is 1. The first-order valence-corrected chi connectivity index (χ1v) is 4.52. The number of hydrogen-bond acceptors (Lipinski definition) is 3. The van der Waals surface area contributed by atoms with E-state index in [1.807, 2.05) is 0 Å². The Hall–Kier alpha value is -2.17. The molecule has 82 valence electrons. The highest BCUT2D eigenvalue weighted by molar-refractivity contribution is 5.92. The lowest BCUT2D eigenvalue weighted by molar-refractivity contribution is 0.0594. The average molecular weight is 221 g/mol. The molecule has 0 spiro atoms. The molecule has 1 heterocycles. The summed E-state index contributed by atoms with van der Waals surface area (Å²) in [4.78, 5) is 25.1. The van der Waals surface area contributed by atoms with E-state index in [9.17, 15) is 14.0 Å². The molecule has 16 heavy (non-hydrogen) atoms. The molecule has 0 unspecified atom stereocenters. The predicted molar refractivity (Wildman–Crippen MR) is 55.9 cm³/mol. The highest BCUT2D eigenvalue weighted by Gasteiger charge is 2.09. The molecule has 2 rings (SSSR count). The van der Waals surface area contributed by atoms with Gasteiger partial charge in [-0.25, -0.2) is 9.18 Å². The molecule has 4 nitrogen and oxygen atoms in total. The van der Waals surface area contributed by atoms with E-state index in [4.69, 9.17) is 0 Å². The van der Waals surface area contributed by atoms with Crippen LogP contribution in [0.3, 0.4) is 0 Å². The number of rotatable bonds is 1. The fraction of sp³-hybridized carbons (Fsp3) is 0.0909. The summed E-state index contributed by atoms with van der Waals surface area (Å²) in [6.45, 7) is 0. The van der Waals surface area contributed by atoms with Gasteiger partial charge in [0.25, 0.3) is 5.56 Å². The number of benzene rings is 1. The molecule has 0 bridgehead atoms. The number of H-pyrrole nitrogens is 1. The Bertz CT molecular complexity index is 618. The van der Waals surface area contributed by atoms with Crippen molar-refractivity contribution in [2.24, 2.45) is 0 Å². The molecule has 0 amide bonds. The maximum atomic E-state index is 12.9. The third-order valence-corrected chi connectivity index (χ3v) is 2.21. The zero-order valence-corrected chi connectivity index (χ0v) is 8.41. The first-order chi connectivity index (χ1) is 7.61. The lowest BCUT2D eigenvalue weighted by Crippen LogP contribution is -2.14. The number of aromatic nitrogens is 1. The molecule has 1 aromatic heterocycles. The van der Waals surface area contributed by atoms with Crippen molar-refractivity contribution in [2.45, 2.75) is 0 Å². The average Bonchev–Trinajstić information content (AvgIpc) is 2.28. The van der Waals surface area contributed by atoms with Crippen molar-refractivity contribution in [1.82, 2.24) is 4.98 Å². The van der Waals surface area contributed by atoms with Crippen LogP contribution in [0.4, 0.5) is 4.39 Å². The van der Waals surface area contributed by atoms with Crippen LogP contribution in [0.2, 0.25) is 0 Å². The summed E-state index contributed by atoms with van der Waals surface area (Å²) in [6.07, 6.45) is 0. The van der Waals surface area contributed by atoms with E-state index in [-0.39, 0.29) is 11.1 Å². The Labute approximate surface area is 89.7 Å². The van der Waals surface area contributed by atoms with Crippen molar-refractivity contribution >= 4 is 16.7 Å². The van der Waals surface area contributed by atoms with Crippen LogP contribution in [0.15, 0.2) is 29.1 Å². The van der Waals surface area contributed by atoms with Crippen molar-refractivity contribution in [1.29, 1.82) is 0 Å². The van der Waals surface area contributed by atoms with Gasteiger partial charge in [-0.05, 0) is 23.6 Å². The lowest BCUT2D eigenvalue weighted by atomic mass is 10.1. The van der Waals surface area contributed by atoms with Gasteiger partial charge in [0.1, 0.15) is 11.5 Å². The molecule has 0 radical (unpaired) electrons. The summed E-state index contributed by atoms with van der Waals surface area (Å²) in [5, 5.41) is 0.693. The number of ether oxygens (including phenoxy) is 1. The third kappa shape index (κ3) is 1.67. The van der Waals surface area contributed by atoms with E-state index in [0.717, 1.165) is 6.07 Å². The van der Waals surface area contributed by atoms with Gasteiger partial charge >= 0.3 is 5.97 Å². The van der Waals surface area contributed by atoms with Gasteiger partial charge in [-0.2, -0.15) is 0 Å². The number of nitrogens with one attached hydrogen (secondary N) is 1. The number of fused-ring (bicyclic) bond motifs is 1. The van der Waals surface area contributed by atoms with Gasteiger partial charge in [-0.15, -0.1) is 0 Å². The standard InChI is InChI=1S/C11H8FNO3/c1-16-11(15)9-4-6-2-3-7(12)5-8(6)10(14)13-9/h2-5H,1H3,(H,13,14). The van der Waals surface area contributed by atoms with Crippen molar-refractivity contribution in [2.75, 3.05) is 7.11 Å². The number of esters is 1. The highest BCUT2D eigenvalue weighted by atomic mass is 19.1. The Balaban J connectivity index is 2.73. The fourth-order valence-electron chi connectivity index (χ4n) is 1.45. The molecule has 0 aliphatic carbocycles. The SMILES string of the molecule is COC(=O)c1cc2ccc(F)cc2c(=O)[nH]1. The Kier molecular flexibility index (Phi) is 2.44. The van der Waals surface area contributed by atoms with Gasteiger partial charge in [0.2, 0.25) is 0 Å². The second-order valence-corrected chi connectivity index (χ2v) is 3.24. The summed E-state index contributed by atoms with van der Waals surface area (Å²) in [5.41, 5.74) is -0.469. The molecule has 0 fully saturated rings. The first-order valence-electron chi connectivity index (χ1n) is 4.52. The van der Waals surface area contributed by atoms with E-state index < -0.39 is 17.3 Å². The second-order valence-electron chi connectivity index (χ2n) is 3.24. The Morgan fingerprint density at radius 1 is 1.38 bits per heavy atom. The normalized spacial score (nSPS) is 10.4. The number of aromatic amines is 1. The molecule has 0 aliphatic rings. The zero-order chi connectivity index (χ0) is 11.7. The number of hydrogen-bond donors (Lipinski definition) is 1. The fourth-order valence-corrected chi connectivity index (χ4v) is 1.45. The largest absolute Gasteiger partial charge is 0.464 e. The molecule has 1 aromatic carbocycles. The number of methoxy groups -OCH3 is 1. The van der Waals surface area contributed by atoms with Crippen molar-refractivity contribution in [3.8, 4) is 0 Å². The minimum absolute atomic E-state index is 0.0478. The molecular weight excluding hydrogens is 213 g/mol. The molecule has 0 saturated heterocycles. The molecule has 1 N–H and O–H groups in total. The van der Waals surface area contributed by atoms with Crippen LogP contribution >= 0.6 is 0 Å². The predicted octanol–water partition coefficient (Wildman–Crippen LogP) is 1.45. The summed E-state index contributed by atoms with van der Waals surface area (Å²) in [7, 11) is 1.22. The molecule has 0 atom stereocenters. The zero-order valence-electron chi connectivity index (χ0n) is 8.41. The third-order valence-electron chi connectivity index (χ3n) is 2.21. The Morgan fingerprint density at radius 2 is 2.12 bits per heavy atom. The van der Waals surface area contributed by atoms with Gasteiger partial charge in [-0.1, -0.05) is 6.07 Å². The smallest absolute Gasteiger partial charge is 0.354 e.